The first-order valence-electron chi connectivity index (χ1n) is 8.14. The van der Waals surface area contributed by atoms with Gasteiger partial charge in [0.1, 0.15) is 6.23 Å². The average Bonchev–Trinajstić information content (AvgIpc) is 2.85. The van der Waals surface area contributed by atoms with Gasteiger partial charge in [0.25, 0.3) is 0 Å². The van der Waals surface area contributed by atoms with E-state index in [1.807, 2.05) is 0 Å². The third-order valence-corrected chi connectivity index (χ3v) is 4.89. The summed E-state index contributed by atoms with van der Waals surface area (Å²) >= 11 is 0. The van der Waals surface area contributed by atoms with Crippen LogP contribution in [0.5, 0.6) is 0 Å². The summed E-state index contributed by atoms with van der Waals surface area (Å²) in [6.07, 6.45) is 1.36. The van der Waals surface area contributed by atoms with Gasteiger partial charge in [-0.3, -0.25) is 4.90 Å². The molecule has 1 heterocycles. The summed E-state index contributed by atoms with van der Waals surface area (Å²) in [7, 11) is 2.18. The molecule has 0 bridgehead atoms. The normalized spacial score (nSPS) is 27.0. The van der Waals surface area contributed by atoms with Gasteiger partial charge in [-0.05, 0) is 37.4 Å². The number of likely N-dealkylation sites (N-methyl/N-ethyl adjacent to an activating group) is 1. The number of ether oxygens (including phenoxy) is 1. The van der Waals surface area contributed by atoms with E-state index >= 15 is 0 Å². The van der Waals surface area contributed by atoms with E-state index in [4.69, 9.17) is 4.74 Å². The van der Waals surface area contributed by atoms with Crippen molar-refractivity contribution >= 4 is 0 Å². The van der Waals surface area contributed by atoms with Gasteiger partial charge >= 0.3 is 0 Å². The van der Waals surface area contributed by atoms with Crippen LogP contribution in [0.1, 0.15) is 43.4 Å². The molecular formula is C20H25NO. The Morgan fingerprint density at radius 1 is 1.00 bits per heavy atom. The number of benzene rings is 2. The fourth-order valence-corrected chi connectivity index (χ4v) is 3.30. The topological polar surface area (TPSA) is 12.5 Å². The first-order chi connectivity index (χ1) is 10.7. The van der Waals surface area contributed by atoms with Gasteiger partial charge in [0.2, 0.25) is 0 Å². The second-order valence-electron chi connectivity index (χ2n) is 6.38. The van der Waals surface area contributed by atoms with E-state index in [0.29, 0.717) is 12.0 Å². The molecule has 3 rings (SSSR count). The monoisotopic (exact) mass is 295 g/mol. The van der Waals surface area contributed by atoms with Crippen LogP contribution in [0.2, 0.25) is 0 Å². The van der Waals surface area contributed by atoms with Crippen LogP contribution in [0.3, 0.4) is 0 Å². The Kier molecular flexibility index (Phi) is 4.60. The molecule has 0 spiro atoms. The number of hydrogen-bond acceptors (Lipinski definition) is 2. The summed E-state index contributed by atoms with van der Waals surface area (Å²) in [4.78, 5) is 2.37. The Bertz CT molecular complexity index is 581. The molecule has 0 saturated carbocycles. The summed E-state index contributed by atoms with van der Waals surface area (Å²) in [6, 6.07) is 21.7. The van der Waals surface area contributed by atoms with Crippen molar-refractivity contribution in [1.82, 2.24) is 4.90 Å². The van der Waals surface area contributed by atoms with Crippen LogP contribution < -0.4 is 0 Å². The Morgan fingerprint density at radius 3 is 2.23 bits per heavy atom. The van der Waals surface area contributed by atoms with E-state index in [-0.39, 0.29) is 12.3 Å². The van der Waals surface area contributed by atoms with Crippen LogP contribution in [0.15, 0.2) is 60.7 Å². The van der Waals surface area contributed by atoms with Crippen molar-refractivity contribution < 1.29 is 4.74 Å². The fraction of sp³-hybridized carbons (Fsp3) is 0.400. The highest BCUT2D eigenvalue weighted by atomic mass is 16.5. The minimum Gasteiger partial charge on any atom is -0.354 e. The van der Waals surface area contributed by atoms with Crippen molar-refractivity contribution in [3.05, 3.63) is 71.8 Å². The molecule has 116 valence electrons. The molecule has 1 aliphatic heterocycles. The predicted octanol–water partition coefficient (Wildman–Crippen LogP) is 4.60. The lowest BCUT2D eigenvalue weighted by atomic mass is 9.97. The van der Waals surface area contributed by atoms with Gasteiger partial charge in [-0.1, -0.05) is 67.6 Å². The van der Waals surface area contributed by atoms with Crippen LogP contribution in [0.25, 0.3) is 0 Å². The minimum absolute atomic E-state index is 0.166. The standard InChI is InChI=1S/C20H25NO/c1-15(17-10-6-4-7-11-17)14-19-21(3)16(2)20(22-19)18-12-8-5-9-13-18/h4-13,15-16,19-20H,14H2,1-3H3/t15-,16+,19+,20+/m1/s1. The second-order valence-corrected chi connectivity index (χ2v) is 6.38. The van der Waals surface area contributed by atoms with Crippen LogP contribution >= 0.6 is 0 Å². The molecule has 0 aliphatic carbocycles. The zero-order chi connectivity index (χ0) is 15.5. The van der Waals surface area contributed by atoms with Gasteiger partial charge in [-0.2, -0.15) is 0 Å². The van der Waals surface area contributed by atoms with Crippen molar-refractivity contribution in [3.63, 3.8) is 0 Å². The molecule has 0 amide bonds. The molecule has 1 fully saturated rings. The van der Waals surface area contributed by atoms with Gasteiger partial charge in [0.15, 0.2) is 0 Å². The highest BCUT2D eigenvalue weighted by Gasteiger charge is 2.38. The summed E-state index contributed by atoms with van der Waals surface area (Å²) in [5.41, 5.74) is 2.66. The maximum absolute atomic E-state index is 6.39. The van der Waals surface area contributed by atoms with E-state index < -0.39 is 0 Å². The first-order valence-corrected chi connectivity index (χ1v) is 8.14. The van der Waals surface area contributed by atoms with Crippen molar-refractivity contribution in [1.29, 1.82) is 0 Å². The molecular weight excluding hydrogens is 270 g/mol. The molecule has 2 nitrogen and oxygen atoms in total. The average molecular weight is 295 g/mol. The van der Waals surface area contributed by atoms with Crippen molar-refractivity contribution in [2.24, 2.45) is 0 Å². The molecule has 0 radical (unpaired) electrons. The molecule has 2 heteroatoms. The third kappa shape index (κ3) is 3.08. The van der Waals surface area contributed by atoms with Crippen LogP contribution in [-0.4, -0.2) is 24.2 Å². The maximum Gasteiger partial charge on any atom is 0.112 e. The van der Waals surface area contributed by atoms with E-state index in [1.165, 1.54) is 11.1 Å². The molecule has 0 aromatic heterocycles. The summed E-state index contributed by atoms with van der Waals surface area (Å²) in [5, 5.41) is 0. The molecule has 1 saturated heterocycles. The van der Waals surface area contributed by atoms with E-state index in [0.717, 1.165) is 6.42 Å². The zero-order valence-electron chi connectivity index (χ0n) is 13.6. The Balaban J connectivity index is 1.70. The highest BCUT2D eigenvalue weighted by Crippen LogP contribution is 2.37. The lowest BCUT2D eigenvalue weighted by Crippen LogP contribution is -2.32. The lowest BCUT2D eigenvalue weighted by molar-refractivity contribution is -0.00179. The predicted molar refractivity (Wildman–Crippen MR) is 90.8 cm³/mol. The maximum atomic E-state index is 6.39. The van der Waals surface area contributed by atoms with Gasteiger partial charge < -0.3 is 4.74 Å². The number of hydrogen-bond donors (Lipinski definition) is 0. The quantitative estimate of drug-likeness (QED) is 0.817. The molecule has 2 aromatic carbocycles. The summed E-state index contributed by atoms with van der Waals surface area (Å²) < 4.78 is 6.39. The van der Waals surface area contributed by atoms with Gasteiger partial charge in [-0.15, -0.1) is 0 Å². The third-order valence-electron chi connectivity index (χ3n) is 4.89. The van der Waals surface area contributed by atoms with Crippen LogP contribution in [0.4, 0.5) is 0 Å². The SMILES string of the molecule is C[C@H](C[C@@H]1O[C@H](c2ccccc2)[C@H](C)N1C)c1ccccc1. The van der Waals surface area contributed by atoms with Crippen molar-refractivity contribution in [2.45, 2.75) is 44.6 Å². The Hall–Kier alpha value is -1.64. The molecule has 22 heavy (non-hydrogen) atoms. The van der Waals surface area contributed by atoms with Crippen molar-refractivity contribution in [3.8, 4) is 0 Å². The smallest absolute Gasteiger partial charge is 0.112 e. The summed E-state index contributed by atoms with van der Waals surface area (Å²) in [5.74, 6) is 0.496. The highest BCUT2D eigenvalue weighted by molar-refractivity contribution is 5.21. The second kappa shape index (κ2) is 6.64. The number of nitrogens with zero attached hydrogens (tertiary/aromatic N) is 1. The van der Waals surface area contributed by atoms with Crippen molar-refractivity contribution in [2.75, 3.05) is 7.05 Å². The van der Waals surface area contributed by atoms with Crippen LogP contribution in [0, 0.1) is 0 Å². The zero-order valence-corrected chi connectivity index (χ0v) is 13.6. The fourth-order valence-electron chi connectivity index (χ4n) is 3.30. The van der Waals surface area contributed by atoms with Gasteiger partial charge in [0, 0.05) is 6.04 Å². The lowest BCUT2D eigenvalue weighted by Gasteiger charge is -2.24. The molecule has 4 atom stereocenters. The van der Waals surface area contributed by atoms with E-state index in [1.54, 1.807) is 0 Å². The summed E-state index contributed by atoms with van der Waals surface area (Å²) in [6.45, 7) is 4.54. The molecule has 1 aliphatic rings. The van der Waals surface area contributed by atoms with Crippen LogP contribution in [-0.2, 0) is 4.74 Å². The molecule has 0 N–H and O–H groups in total. The van der Waals surface area contributed by atoms with Gasteiger partial charge in [0.05, 0.1) is 6.10 Å². The number of rotatable bonds is 4. The molecule has 0 unspecified atom stereocenters. The Morgan fingerprint density at radius 2 is 1.59 bits per heavy atom. The minimum atomic E-state index is 0.166. The van der Waals surface area contributed by atoms with Gasteiger partial charge in [-0.25, -0.2) is 0 Å². The van der Waals surface area contributed by atoms with E-state index in [9.17, 15) is 0 Å². The Labute approximate surface area is 133 Å². The largest absolute Gasteiger partial charge is 0.354 e. The molecule has 2 aromatic rings. The first kappa shape index (κ1) is 15.3. The van der Waals surface area contributed by atoms with E-state index in [2.05, 4.69) is 86.5 Å².